The number of anilines is 1. The minimum atomic E-state index is 0.605. The summed E-state index contributed by atoms with van der Waals surface area (Å²) in [7, 11) is 2.22. The fourth-order valence-electron chi connectivity index (χ4n) is 4.15. The largest absolute Gasteiger partial charge is 0.338 e. The molecule has 2 aromatic rings. The minimum absolute atomic E-state index is 0.605. The number of likely N-dealkylation sites (N-methyl/N-ethyl adjacent to an activating group) is 1. The highest BCUT2D eigenvalue weighted by Gasteiger charge is 2.30. The van der Waals surface area contributed by atoms with E-state index in [1.807, 2.05) is 30.3 Å². The molecular formula is C20H29N5O. The number of hydrogen-bond donors (Lipinski definition) is 0. The van der Waals surface area contributed by atoms with Gasteiger partial charge in [0.2, 0.25) is 0 Å². The third-order valence-electron chi connectivity index (χ3n) is 6.05. The normalized spacial score (nSPS) is 21.8. The second-order valence-electron chi connectivity index (χ2n) is 7.67. The maximum Gasteiger partial charge on any atom is 0.266 e. The Morgan fingerprint density at radius 2 is 1.69 bits per heavy atom. The van der Waals surface area contributed by atoms with Gasteiger partial charge >= 0.3 is 0 Å². The summed E-state index contributed by atoms with van der Waals surface area (Å²) in [6.45, 7) is 9.20. The standard InChI is InChI=1S/C20H29N5O/c1-16(24-14-12-23(2)13-15-24)17-8-10-25(11-9-17)20-21-19(26-22-20)18-6-4-3-5-7-18/h3-7,16-17H,8-15H2,1-2H3/t16-/m0/s1. The number of benzene rings is 1. The third kappa shape index (κ3) is 3.76. The quantitative estimate of drug-likeness (QED) is 0.840. The molecule has 0 unspecified atom stereocenters. The highest BCUT2D eigenvalue weighted by molar-refractivity contribution is 5.54. The summed E-state index contributed by atoms with van der Waals surface area (Å²) in [5, 5.41) is 4.21. The van der Waals surface area contributed by atoms with E-state index < -0.39 is 0 Å². The first-order chi connectivity index (χ1) is 12.7. The molecule has 1 aromatic carbocycles. The molecule has 0 aliphatic carbocycles. The lowest BCUT2D eigenvalue weighted by Crippen LogP contribution is -2.51. The molecule has 6 heteroatoms. The average molecular weight is 355 g/mol. The molecule has 6 nitrogen and oxygen atoms in total. The van der Waals surface area contributed by atoms with E-state index in [0.717, 1.165) is 30.5 Å². The van der Waals surface area contributed by atoms with Gasteiger partial charge in [0.15, 0.2) is 0 Å². The first-order valence-corrected chi connectivity index (χ1v) is 9.77. The van der Waals surface area contributed by atoms with Gasteiger partial charge in [0, 0.05) is 50.9 Å². The fraction of sp³-hybridized carbons (Fsp3) is 0.600. The van der Waals surface area contributed by atoms with E-state index in [2.05, 4.69) is 38.8 Å². The van der Waals surface area contributed by atoms with Crippen molar-refractivity contribution in [1.82, 2.24) is 19.9 Å². The van der Waals surface area contributed by atoms with Crippen LogP contribution in [0.25, 0.3) is 11.5 Å². The zero-order valence-corrected chi connectivity index (χ0v) is 15.8. The molecule has 3 heterocycles. The van der Waals surface area contributed by atoms with Crippen molar-refractivity contribution in [3.63, 3.8) is 0 Å². The Bertz CT molecular complexity index is 687. The van der Waals surface area contributed by atoms with Crippen molar-refractivity contribution in [2.45, 2.75) is 25.8 Å². The molecule has 4 rings (SSSR count). The van der Waals surface area contributed by atoms with Gasteiger partial charge in [0.05, 0.1) is 0 Å². The smallest absolute Gasteiger partial charge is 0.266 e. The summed E-state index contributed by atoms with van der Waals surface area (Å²) in [5.74, 6) is 2.10. The van der Waals surface area contributed by atoms with Crippen LogP contribution in [0, 0.1) is 5.92 Å². The maximum absolute atomic E-state index is 5.47. The number of nitrogens with zero attached hydrogens (tertiary/aromatic N) is 5. The van der Waals surface area contributed by atoms with Gasteiger partial charge in [0.25, 0.3) is 11.8 Å². The molecule has 0 amide bonds. The molecule has 0 bridgehead atoms. The molecule has 140 valence electrons. The number of piperidine rings is 1. The second kappa shape index (κ2) is 7.76. The van der Waals surface area contributed by atoms with Crippen molar-refractivity contribution in [3.05, 3.63) is 30.3 Å². The molecule has 0 spiro atoms. The predicted molar refractivity (Wildman–Crippen MR) is 103 cm³/mol. The summed E-state index contributed by atoms with van der Waals surface area (Å²) in [5.41, 5.74) is 0.977. The van der Waals surface area contributed by atoms with Gasteiger partial charge in [-0.15, -0.1) is 0 Å². The van der Waals surface area contributed by atoms with Gasteiger partial charge in [-0.25, -0.2) is 0 Å². The molecule has 0 saturated carbocycles. The van der Waals surface area contributed by atoms with E-state index in [9.17, 15) is 0 Å². The molecule has 0 radical (unpaired) electrons. The van der Waals surface area contributed by atoms with Crippen LogP contribution in [0.5, 0.6) is 0 Å². The van der Waals surface area contributed by atoms with E-state index in [4.69, 9.17) is 4.52 Å². The summed E-state index contributed by atoms with van der Waals surface area (Å²) < 4.78 is 5.47. The Balaban J connectivity index is 1.33. The number of aromatic nitrogens is 2. The van der Waals surface area contributed by atoms with Gasteiger partial charge < -0.3 is 14.3 Å². The number of piperazine rings is 1. The summed E-state index contributed by atoms with van der Waals surface area (Å²) in [6.07, 6.45) is 2.39. The third-order valence-corrected chi connectivity index (χ3v) is 6.05. The van der Waals surface area contributed by atoms with Gasteiger partial charge in [-0.2, -0.15) is 4.98 Å². The summed E-state index contributed by atoms with van der Waals surface area (Å²) >= 11 is 0. The first kappa shape index (κ1) is 17.5. The predicted octanol–water partition coefficient (Wildman–Crippen LogP) is 2.59. The first-order valence-electron chi connectivity index (χ1n) is 9.77. The second-order valence-corrected chi connectivity index (χ2v) is 7.67. The molecule has 2 aliphatic rings. The van der Waals surface area contributed by atoms with Gasteiger partial charge in [-0.05, 0) is 50.0 Å². The molecule has 2 fully saturated rings. The molecular weight excluding hydrogens is 326 g/mol. The lowest BCUT2D eigenvalue weighted by molar-refractivity contribution is 0.0812. The van der Waals surface area contributed by atoms with Crippen LogP contribution in [0.15, 0.2) is 34.9 Å². The maximum atomic E-state index is 5.47. The van der Waals surface area contributed by atoms with Crippen LogP contribution in [0.4, 0.5) is 5.95 Å². The average Bonchev–Trinajstić information content (AvgIpc) is 3.19. The highest BCUT2D eigenvalue weighted by atomic mass is 16.5. The van der Waals surface area contributed by atoms with Crippen LogP contribution in [-0.2, 0) is 0 Å². The molecule has 1 atom stereocenters. The van der Waals surface area contributed by atoms with Crippen LogP contribution in [-0.4, -0.2) is 72.3 Å². The highest BCUT2D eigenvalue weighted by Crippen LogP contribution is 2.28. The van der Waals surface area contributed by atoms with E-state index in [-0.39, 0.29) is 0 Å². The van der Waals surface area contributed by atoms with Crippen molar-refractivity contribution in [2.24, 2.45) is 5.92 Å². The van der Waals surface area contributed by atoms with E-state index in [1.54, 1.807) is 0 Å². The van der Waals surface area contributed by atoms with Crippen LogP contribution < -0.4 is 4.90 Å². The van der Waals surface area contributed by atoms with E-state index in [1.165, 1.54) is 39.0 Å². The van der Waals surface area contributed by atoms with Crippen molar-refractivity contribution in [3.8, 4) is 11.5 Å². The lowest BCUT2D eigenvalue weighted by Gasteiger charge is -2.42. The van der Waals surface area contributed by atoms with Gasteiger partial charge in [0.1, 0.15) is 0 Å². The summed E-state index contributed by atoms with van der Waals surface area (Å²) in [4.78, 5) is 12.0. The van der Waals surface area contributed by atoms with Crippen molar-refractivity contribution in [1.29, 1.82) is 0 Å². The zero-order chi connectivity index (χ0) is 17.9. The Morgan fingerprint density at radius 3 is 2.38 bits per heavy atom. The van der Waals surface area contributed by atoms with Crippen LogP contribution in [0.3, 0.4) is 0 Å². The van der Waals surface area contributed by atoms with Gasteiger partial charge in [-0.1, -0.05) is 18.2 Å². The zero-order valence-electron chi connectivity index (χ0n) is 15.8. The van der Waals surface area contributed by atoms with Gasteiger partial charge in [-0.3, -0.25) is 4.90 Å². The molecule has 0 N–H and O–H groups in total. The number of hydrogen-bond acceptors (Lipinski definition) is 6. The van der Waals surface area contributed by atoms with Crippen LogP contribution in [0.1, 0.15) is 19.8 Å². The molecule has 26 heavy (non-hydrogen) atoms. The van der Waals surface area contributed by atoms with E-state index >= 15 is 0 Å². The summed E-state index contributed by atoms with van der Waals surface area (Å²) in [6, 6.07) is 10.6. The topological polar surface area (TPSA) is 48.6 Å². The molecule has 1 aromatic heterocycles. The Labute approximate surface area is 155 Å². The fourth-order valence-corrected chi connectivity index (χ4v) is 4.15. The molecule has 2 aliphatic heterocycles. The Kier molecular flexibility index (Phi) is 5.22. The van der Waals surface area contributed by atoms with E-state index in [0.29, 0.717) is 11.9 Å². The van der Waals surface area contributed by atoms with Crippen LogP contribution in [0.2, 0.25) is 0 Å². The number of rotatable bonds is 4. The Morgan fingerprint density at radius 1 is 1.00 bits per heavy atom. The lowest BCUT2D eigenvalue weighted by atomic mass is 9.89. The van der Waals surface area contributed by atoms with Crippen molar-refractivity contribution < 1.29 is 4.52 Å². The van der Waals surface area contributed by atoms with Crippen molar-refractivity contribution >= 4 is 5.95 Å². The monoisotopic (exact) mass is 355 g/mol. The Hall–Kier alpha value is -1.92. The van der Waals surface area contributed by atoms with Crippen LogP contribution >= 0.6 is 0 Å². The minimum Gasteiger partial charge on any atom is -0.338 e. The SMILES string of the molecule is C[C@@H](C1CCN(c2noc(-c3ccccc3)n2)CC1)N1CCN(C)CC1. The molecule has 2 saturated heterocycles. The van der Waals surface area contributed by atoms with Crippen molar-refractivity contribution in [2.75, 3.05) is 51.2 Å².